The summed E-state index contributed by atoms with van der Waals surface area (Å²) in [6.45, 7) is 2.15. The molecule has 0 aliphatic carbocycles. The third-order valence-corrected chi connectivity index (χ3v) is 5.97. The second-order valence-electron chi connectivity index (χ2n) is 6.82. The molecule has 2 aromatic rings. The van der Waals surface area contributed by atoms with Gasteiger partial charge >= 0.3 is 0 Å². The van der Waals surface area contributed by atoms with Crippen molar-refractivity contribution in [1.82, 2.24) is 15.4 Å². The summed E-state index contributed by atoms with van der Waals surface area (Å²) in [6, 6.07) is 5.29. The number of nitrogens with zero attached hydrogens (tertiary/aromatic N) is 2. The summed E-state index contributed by atoms with van der Waals surface area (Å²) in [5, 5.41) is 6.25. The minimum Gasteiger partial charge on any atom is -0.454 e. The number of nitrogens with one attached hydrogen (secondary N) is 1. The second-order valence-corrected chi connectivity index (χ2v) is 8.15. The molecule has 0 spiro atoms. The van der Waals surface area contributed by atoms with Crippen molar-refractivity contribution < 1.29 is 28.4 Å². The van der Waals surface area contributed by atoms with Gasteiger partial charge in [-0.05, 0) is 60.5 Å². The Morgan fingerprint density at radius 1 is 1.32 bits per heavy atom. The van der Waals surface area contributed by atoms with Gasteiger partial charge in [0.1, 0.15) is 0 Å². The van der Waals surface area contributed by atoms with Gasteiger partial charge < -0.3 is 19.3 Å². The maximum atomic E-state index is 12.6. The van der Waals surface area contributed by atoms with Gasteiger partial charge in [-0.1, -0.05) is 11.2 Å². The van der Waals surface area contributed by atoms with Gasteiger partial charge in [0.2, 0.25) is 17.9 Å². The molecule has 162 valence electrons. The first-order valence-electron chi connectivity index (χ1n) is 9.44. The summed E-state index contributed by atoms with van der Waals surface area (Å²) in [5.41, 5.74) is 2.06. The van der Waals surface area contributed by atoms with E-state index in [0.717, 1.165) is 22.2 Å². The molecule has 1 N–H and O–H groups in total. The highest BCUT2D eigenvalue weighted by molar-refractivity contribution is 8.18. The van der Waals surface area contributed by atoms with Crippen molar-refractivity contribution in [3.05, 3.63) is 45.1 Å². The van der Waals surface area contributed by atoms with E-state index in [0.29, 0.717) is 34.1 Å². The van der Waals surface area contributed by atoms with E-state index in [-0.39, 0.29) is 42.7 Å². The molecule has 2 aliphatic rings. The van der Waals surface area contributed by atoms with E-state index in [4.69, 9.17) is 25.6 Å². The molecule has 11 heteroatoms. The number of rotatable bonds is 7. The highest BCUT2D eigenvalue weighted by Crippen LogP contribution is 2.36. The number of halogens is 1. The van der Waals surface area contributed by atoms with Gasteiger partial charge in [-0.3, -0.25) is 19.3 Å². The number of imide groups is 1. The standard InChI is InChI=1S/C20H18ClN3O6S/c1-11-13(18(21)30-23-11)3-5-17(25)22-6-7-24-19(26)16(31-20(24)27)9-12-2-4-14-15(8-12)29-10-28-14/h2,4,8-9H,3,5-7,10H2,1H3,(H,22,25)/b16-9+. The van der Waals surface area contributed by atoms with Crippen LogP contribution in [0.3, 0.4) is 0 Å². The van der Waals surface area contributed by atoms with E-state index < -0.39 is 5.91 Å². The van der Waals surface area contributed by atoms with E-state index in [9.17, 15) is 14.4 Å². The van der Waals surface area contributed by atoms with Crippen LogP contribution in [0.1, 0.15) is 23.2 Å². The number of fused-ring (bicyclic) bond motifs is 1. The fourth-order valence-electron chi connectivity index (χ4n) is 3.12. The molecule has 0 unspecified atom stereocenters. The maximum absolute atomic E-state index is 12.6. The van der Waals surface area contributed by atoms with Crippen molar-refractivity contribution in [1.29, 1.82) is 0 Å². The normalized spacial score (nSPS) is 16.5. The van der Waals surface area contributed by atoms with Gasteiger partial charge in [0.15, 0.2) is 11.5 Å². The topological polar surface area (TPSA) is 111 Å². The highest BCUT2D eigenvalue weighted by atomic mass is 35.5. The van der Waals surface area contributed by atoms with Gasteiger partial charge in [-0.25, -0.2) is 0 Å². The number of ether oxygens (including phenoxy) is 2. The lowest BCUT2D eigenvalue weighted by atomic mass is 10.1. The van der Waals surface area contributed by atoms with Crippen LogP contribution in [-0.4, -0.2) is 47.0 Å². The van der Waals surface area contributed by atoms with E-state index in [1.54, 1.807) is 31.2 Å². The van der Waals surface area contributed by atoms with Gasteiger partial charge in [-0.2, -0.15) is 0 Å². The molecule has 9 nitrogen and oxygen atoms in total. The number of amides is 3. The van der Waals surface area contributed by atoms with Crippen molar-refractivity contribution in [3.63, 3.8) is 0 Å². The zero-order valence-corrected chi connectivity index (χ0v) is 18.0. The molecule has 3 amide bonds. The van der Waals surface area contributed by atoms with Crippen LogP contribution in [0.4, 0.5) is 4.79 Å². The molecule has 0 saturated carbocycles. The summed E-state index contributed by atoms with van der Waals surface area (Å²) < 4.78 is 15.4. The number of hydrogen-bond acceptors (Lipinski definition) is 8. The van der Waals surface area contributed by atoms with Crippen molar-refractivity contribution >= 4 is 46.5 Å². The van der Waals surface area contributed by atoms with Crippen molar-refractivity contribution in [2.75, 3.05) is 19.9 Å². The average molecular weight is 464 g/mol. The molecule has 0 atom stereocenters. The van der Waals surface area contributed by atoms with Crippen LogP contribution in [0.2, 0.25) is 5.22 Å². The average Bonchev–Trinajstić information content (AvgIpc) is 3.41. The second kappa shape index (κ2) is 9.03. The number of aromatic nitrogens is 1. The molecule has 1 saturated heterocycles. The predicted octanol–water partition coefficient (Wildman–Crippen LogP) is 3.15. The minimum atomic E-state index is -0.395. The van der Waals surface area contributed by atoms with Crippen LogP contribution in [-0.2, 0) is 16.0 Å². The highest BCUT2D eigenvalue weighted by Gasteiger charge is 2.34. The quantitative estimate of drug-likeness (QED) is 0.623. The number of thioether (sulfide) groups is 1. The zero-order chi connectivity index (χ0) is 22.0. The van der Waals surface area contributed by atoms with E-state index >= 15 is 0 Å². The molecule has 3 heterocycles. The van der Waals surface area contributed by atoms with Crippen LogP contribution >= 0.6 is 23.4 Å². The largest absolute Gasteiger partial charge is 0.454 e. The predicted molar refractivity (Wildman–Crippen MR) is 113 cm³/mol. The Hall–Kier alpha value is -2.98. The van der Waals surface area contributed by atoms with Crippen LogP contribution in [0.25, 0.3) is 6.08 Å². The molecule has 1 aromatic carbocycles. The van der Waals surface area contributed by atoms with Crippen LogP contribution < -0.4 is 14.8 Å². The number of hydrogen-bond donors (Lipinski definition) is 1. The third-order valence-electron chi connectivity index (χ3n) is 4.76. The number of carbonyl (C=O) groups is 3. The summed E-state index contributed by atoms with van der Waals surface area (Å²) in [4.78, 5) is 38.3. The summed E-state index contributed by atoms with van der Waals surface area (Å²) in [7, 11) is 0. The Morgan fingerprint density at radius 3 is 2.90 bits per heavy atom. The van der Waals surface area contributed by atoms with Crippen LogP contribution in [0.5, 0.6) is 11.5 Å². The Labute approximate surface area is 186 Å². The number of aryl methyl sites for hydroxylation is 1. The molecule has 0 radical (unpaired) electrons. The molecule has 0 bridgehead atoms. The molecule has 1 aromatic heterocycles. The molecular weight excluding hydrogens is 446 g/mol. The Bertz CT molecular complexity index is 1060. The molecule has 2 aliphatic heterocycles. The molecule has 31 heavy (non-hydrogen) atoms. The third kappa shape index (κ3) is 4.70. The summed E-state index contributed by atoms with van der Waals surface area (Å²) in [6.07, 6.45) is 2.21. The number of benzene rings is 1. The minimum absolute atomic E-state index is 0.0853. The van der Waals surface area contributed by atoms with Crippen molar-refractivity contribution in [2.24, 2.45) is 0 Å². The monoisotopic (exact) mass is 463 g/mol. The number of carbonyl (C=O) groups excluding carboxylic acids is 3. The summed E-state index contributed by atoms with van der Waals surface area (Å²) in [5.74, 6) is 0.620. The van der Waals surface area contributed by atoms with Gasteiger partial charge in [0, 0.05) is 25.1 Å². The van der Waals surface area contributed by atoms with Crippen LogP contribution in [0.15, 0.2) is 27.6 Å². The lowest BCUT2D eigenvalue weighted by molar-refractivity contribution is -0.124. The van der Waals surface area contributed by atoms with E-state index in [2.05, 4.69) is 10.5 Å². The first-order valence-corrected chi connectivity index (χ1v) is 10.6. The first kappa shape index (κ1) is 21.3. The fraction of sp³-hybridized carbons (Fsp3) is 0.300. The lowest BCUT2D eigenvalue weighted by Gasteiger charge is -2.13. The summed E-state index contributed by atoms with van der Waals surface area (Å²) >= 11 is 6.75. The van der Waals surface area contributed by atoms with E-state index in [1.165, 1.54) is 0 Å². The molecular formula is C20H18ClN3O6S. The SMILES string of the molecule is Cc1noc(Cl)c1CCC(=O)NCCN1C(=O)S/C(=C/c2ccc3c(c2)OCO3)C1=O. The lowest BCUT2D eigenvalue weighted by Crippen LogP contribution is -2.37. The van der Waals surface area contributed by atoms with Gasteiger partial charge in [0.05, 0.1) is 10.6 Å². The smallest absolute Gasteiger partial charge is 0.293 e. The Kier molecular flexibility index (Phi) is 6.19. The molecule has 1 fully saturated rings. The fourth-order valence-corrected chi connectivity index (χ4v) is 4.25. The van der Waals surface area contributed by atoms with Gasteiger partial charge in [0.25, 0.3) is 11.1 Å². The molecule has 4 rings (SSSR count). The Balaban J connectivity index is 1.29. The van der Waals surface area contributed by atoms with E-state index in [1.807, 2.05) is 0 Å². The zero-order valence-electron chi connectivity index (χ0n) is 16.5. The van der Waals surface area contributed by atoms with Gasteiger partial charge in [-0.15, -0.1) is 0 Å². The first-order chi connectivity index (χ1) is 14.9. The maximum Gasteiger partial charge on any atom is 0.293 e. The van der Waals surface area contributed by atoms with Crippen molar-refractivity contribution in [3.8, 4) is 11.5 Å². The van der Waals surface area contributed by atoms with Crippen molar-refractivity contribution in [2.45, 2.75) is 19.8 Å². The Morgan fingerprint density at radius 2 is 2.13 bits per heavy atom. The van der Waals surface area contributed by atoms with Crippen LogP contribution in [0, 0.1) is 6.92 Å².